The van der Waals surface area contributed by atoms with E-state index in [1.807, 2.05) is 43.5 Å². The number of nitrogens with zero attached hydrogens (tertiary/aromatic N) is 3. The summed E-state index contributed by atoms with van der Waals surface area (Å²) in [6.45, 7) is 6.11. The molecule has 4 rings (SSSR count). The van der Waals surface area contributed by atoms with Crippen LogP contribution < -0.4 is 15.2 Å². The fourth-order valence-corrected chi connectivity index (χ4v) is 4.75. The smallest absolute Gasteiger partial charge is 0.359 e. The van der Waals surface area contributed by atoms with Gasteiger partial charge in [0.1, 0.15) is 11.4 Å². The number of phenols is 1. The summed E-state index contributed by atoms with van der Waals surface area (Å²) >= 11 is 0. The highest BCUT2D eigenvalue weighted by Crippen LogP contribution is 2.45. The summed E-state index contributed by atoms with van der Waals surface area (Å²) in [4.78, 5) is 15.0. The van der Waals surface area contributed by atoms with Gasteiger partial charge in [0, 0.05) is 49.7 Å². The van der Waals surface area contributed by atoms with E-state index in [-0.39, 0.29) is 11.5 Å². The molecule has 0 saturated heterocycles. The fraction of sp³-hybridized carbons (Fsp3) is 0.333. The molecule has 2 aromatic carbocycles. The van der Waals surface area contributed by atoms with Crippen LogP contribution in [0.3, 0.4) is 0 Å². The van der Waals surface area contributed by atoms with Gasteiger partial charge in [-0.15, -0.1) is 0 Å². The fourth-order valence-electron chi connectivity index (χ4n) is 4.75. The van der Waals surface area contributed by atoms with Gasteiger partial charge in [0.2, 0.25) is 0 Å². The number of methoxy groups -OCH3 is 1. The Balaban J connectivity index is 1.68. The molecular weight excluding hydrogens is 428 g/mol. The zero-order valence-corrected chi connectivity index (χ0v) is 20.1. The lowest BCUT2D eigenvalue weighted by atomic mass is 9.90. The van der Waals surface area contributed by atoms with Crippen molar-refractivity contribution < 1.29 is 14.6 Å². The molecular formula is C27H32N4O3. The normalized spacial score (nSPS) is 15.1. The van der Waals surface area contributed by atoms with Crippen LogP contribution in [-0.4, -0.2) is 51.1 Å². The van der Waals surface area contributed by atoms with Crippen molar-refractivity contribution in [3.05, 3.63) is 65.3 Å². The summed E-state index contributed by atoms with van der Waals surface area (Å²) in [5, 5.41) is 20.3. The molecule has 178 valence electrons. The first-order valence-electron chi connectivity index (χ1n) is 11.6. The first kappa shape index (κ1) is 23.4. The van der Waals surface area contributed by atoms with Gasteiger partial charge in [0.25, 0.3) is 0 Å². The van der Waals surface area contributed by atoms with Crippen LogP contribution >= 0.6 is 0 Å². The predicted molar refractivity (Wildman–Crippen MR) is 139 cm³/mol. The number of aromatic hydroxyl groups is 1. The number of para-hydroxylation sites is 1. The maximum Gasteiger partial charge on any atom is 0.359 e. The van der Waals surface area contributed by atoms with Gasteiger partial charge in [-0.2, -0.15) is 5.10 Å². The molecule has 0 atom stereocenters. The Bertz CT molecular complexity index is 1170. The second kappa shape index (κ2) is 10.0. The highest BCUT2D eigenvalue weighted by molar-refractivity contribution is 6.44. The first-order valence-corrected chi connectivity index (χ1v) is 11.6. The van der Waals surface area contributed by atoms with Gasteiger partial charge in [-0.25, -0.2) is 4.79 Å². The second-order valence-corrected chi connectivity index (χ2v) is 8.58. The number of aryl methyl sites for hydroxylation is 1. The molecule has 2 N–H and O–H groups in total. The average Bonchev–Trinajstić information content (AvgIpc) is 2.87. The quantitative estimate of drug-likeness (QED) is 0.277. The van der Waals surface area contributed by atoms with E-state index in [2.05, 4.69) is 21.9 Å². The third kappa shape index (κ3) is 4.51. The van der Waals surface area contributed by atoms with Gasteiger partial charge in [-0.05, 0) is 48.9 Å². The highest BCUT2D eigenvalue weighted by atomic mass is 16.5. The van der Waals surface area contributed by atoms with Crippen LogP contribution in [-0.2, 0) is 22.4 Å². The Morgan fingerprint density at radius 1 is 1.26 bits per heavy atom. The number of phenolic OH excluding ortho intramolecular Hbond substituents is 1. The van der Waals surface area contributed by atoms with E-state index >= 15 is 0 Å². The van der Waals surface area contributed by atoms with E-state index in [1.54, 1.807) is 18.1 Å². The molecule has 0 aliphatic carbocycles. The van der Waals surface area contributed by atoms with E-state index in [4.69, 9.17) is 4.74 Å². The molecule has 0 spiro atoms. The minimum Gasteiger partial charge on any atom is -0.505 e. The minimum absolute atomic E-state index is 0.0792. The van der Waals surface area contributed by atoms with Crippen LogP contribution in [0.2, 0.25) is 0 Å². The number of carbonyl (C=O) groups is 1. The summed E-state index contributed by atoms with van der Waals surface area (Å²) in [5.41, 5.74) is 6.36. The van der Waals surface area contributed by atoms with Crippen molar-refractivity contribution in [2.45, 2.75) is 25.7 Å². The summed E-state index contributed by atoms with van der Waals surface area (Å²) in [6.07, 6.45) is 7.52. The SMILES string of the molecule is C=C(/C=C\c1ccccc1NC)/C(=N/N(C)c1cc2c3c(c1O)CCCN3CCC2)C(=O)OC. The van der Waals surface area contributed by atoms with E-state index in [9.17, 15) is 9.90 Å². The van der Waals surface area contributed by atoms with Gasteiger partial charge in [0.05, 0.1) is 7.11 Å². The van der Waals surface area contributed by atoms with E-state index < -0.39 is 5.97 Å². The molecule has 0 amide bonds. The molecule has 7 nitrogen and oxygen atoms in total. The Morgan fingerprint density at radius 3 is 2.74 bits per heavy atom. The Hall–Kier alpha value is -3.74. The van der Waals surface area contributed by atoms with Gasteiger partial charge < -0.3 is 20.1 Å². The molecule has 0 bridgehead atoms. The number of benzene rings is 2. The Kier molecular flexibility index (Phi) is 6.91. The number of nitrogens with one attached hydrogen (secondary N) is 1. The maximum absolute atomic E-state index is 12.6. The topological polar surface area (TPSA) is 77.4 Å². The van der Waals surface area contributed by atoms with Crippen LogP contribution in [0.5, 0.6) is 5.75 Å². The van der Waals surface area contributed by atoms with Crippen LogP contribution in [0.1, 0.15) is 29.5 Å². The number of esters is 1. The van der Waals surface area contributed by atoms with Crippen LogP contribution in [0, 0.1) is 0 Å². The molecule has 2 aliphatic rings. The first-order chi connectivity index (χ1) is 16.4. The summed E-state index contributed by atoms with van der Waals surface area (Å²) < 4.78 is 4.98. The third-order valence-electron chi connectivity index (χ3n) is 6.45. The van der Waals surface area contributed by atoms with Crippen LogP contribution in [0.4, 0.5) is 17.1 Å². The maximum atomic E-state index is 12.6. The standard InChI is InChI=1S/C27H32N4O3/c1-18(13-14-19-9-5-6-12-22(19)28-2)24(27(33)34-4)29-30(3)23-17-20-10-7-15-31-16-8-11-21(25(20)31)26(23)32/h5-6,9,12-14,17,28,32H,1,7-8,10-11,15-16H2,2-4H3/b14-13-,29-24-. The molecule has 0 saturated carbocycles. The van der Waals surface area contributed by atoms with Crippen molar-refractivity contribution >= 4 is 34.8 Å². The summed E-state index contributed by atoms with van der Waals surface area (Å²) in [7, 11) is 4.91. The van der Waals surface area contributed by atoms with Crippen molar-refractivity contribution in [1.82, 2.24) is 0 Å². The van der Waals surface area contributed by atoms with Crippen LogP contribution in [0.15, 0.2) is 53.7 Å². The van der Waals surface area contributed by atoms with Gasteiger partial charge in [-0.3, -0.25) is 5.01 Å². The molecule has 7 heteroatoms. The average molecular weight is 461 g/mol. The molecule has 2 aromatic rings. The molecule has 0 radical (unpaired) electrons. The largest absolute Gasteiger partial charge is 0.505 e. The van der Waals surface area contributed by atoms with Crippen LogP contribution in [0.25, 0.3) is 6.08 Å². The van der Waals surface area contributed by atoms with Gasteiger partial charge in [-0.1, -0.05) is 36.9 Å². The Morgan fingerprint density at radius 2 is 2.00 bits per heavy atom. The van der Waals surface area contributed by atoms with Crippen molar-refractivity contribution in [1.29, 1.82) is 0 Å². The molecule has 2 heterocycles. The number of ether oxygens (including phenoxy) is 1. The number of allylic oxidation sites excluding steroid dienone is 1. The van der Waals surface area contributed by atoms with E-state index in [1.165, 1.54) is 18.4 Å². The van der Waals surface area contributed by atoms with Crippen molar-refractivity contribution in [3.63, 3.8) is 0 Å². The lowest BCUT2D eigenvalue weighted by Gasteiger charge is -2.38. The van der Waals surface area contributed by atoms with Gasteiger partial charge in [0.15, 0.2) is 5.71 Å². The summed E-state index contributed by atoms with van der Waals surface area (Å²) in [6, 6.07) is 9.82. The monoisotopic (exact) mass is 460 g/mol. The molecule has 0 aromatic heterocycles. The molecule has 34 heavy (non-hydrogen) atoms. The highest BCUT2D eigenvalue weighted by Gasteiger charge is 2.29. The second-order valence-electron chi connectivity index (χ2n) is 8.58. The van der Waals surface area contributed by atoms with E-state index in [0.717, 1.165) is 55.6 Å². The van der Waals surface area contributed by atoms with Crippen molar-refractivity contribution in [2.24, 2.45) is 5.10 Å². The number of hydrogen-bond acceptors (Lipinski definition) is 7. The minimum atomic E-state index is -0.589. The zero-order chi connectivity index (χ0) is 24.2. The lowest BCUT2D eigenvalue weighted by Crippen LogP contribution is -2.34. The molecule has 0 unspecified atom stereocenters. The van der Waals surface area contributed by atoms with E-state index in [0.29, 0.717) is 11.3 Å². The molecule has 2 aliphatic heterocycles. The van der Waals surface area contributed by atoms with Gasteiger partial charge >= 0.3 is 5.97 Å². The number of rotatable bonds is 7. The third-order valence-corrected chi connectivity index (χ3v) is 6.45. The lowest BCUT2D eigenvalue weighted by molar-refractivity contribution is -0.132. The van der Waals surface area contributed by atoms with Crippen molar-refractivity contribution in [2.75, 3.05) is 49.5 Å². The summed E-state index contributed by atoms with van der Waals surface area (Å²) in [5.74, 6) is -0.363. The number of carbonyl (C=O) groups excluding carboxylic acids is 1. The number of anilines is 3. The zero-order valence-electron chi connectivity index (χ0n) is 20.1. The number of hydrogen-bond donors (Lipinski definition) is 2. The van der Waals surface area contributed by atoms with Crippen molar-refractivity contribution in [3.8, 4) is 5.75 Å². The Labute approximate surface area is 201 Å². The number of hydrazone groups is 1. The molecule has 0 fully saturated rings. The predicted octanol–water partition coefficient (Wildman–Crippen LogP) is 4.37.